The summed E-state index contributed by atoms with van der Waals surface area (Å²) >= 11 is 0. The number of fused-ring (bicyclic) bond motifs is 5. The van der Waals surface area contributed by atoms with Gasteiger partial charge in [-0.3, -0.25) is 4.55 Å². The molecule has 12 heteroatoms. The highest BCUT2D eigenvalue weighted by molar-refractivity contribution is 7.80. The maximum Gasteiger partial charge on any atom is 0.397 e. The number of aliphatic hydroxyl groups is 5. The molecule has 11 nitrogen and oxygen atoms in total. The molecule has 0 spiro atoms. The van der Waals surface area contributed by atoms with Crippen molar-refractivity contribution in [2.24, 2.45) is 52.3 Å². The first-order valence-electron chi connectivity index (χ1n) is 16.8. The van der Waals surface area contributed by atoms with Gasteiger partial charge in [0.05, 0.1) is 31.0 Å². The van der Waals surface area contributed by atoms with E-state index in [-0.39, 0.29) is 59.2 Å². The maximum atomic E-state index is 11.6. The van der Waals surface area contributed by atoms with Crippen molar-refractivity contribution in [2.75, 3.05) is 6.61 Å². The van der Waals surface area contributed by atoms with Crippen molar-refractivity contribution in [3.05, 3.63) is 0 Å². The van der Waals surface area contributed by atoms with E-state index in [4.69, 9.17) is 14.0 Å². The molecule has 0 radical (unpaired) electrons. The zero-order valence-corrected chi connectivity index (χ0v) is 27.7. The Bertz CT molecular complexity index is 1100. The summed E-state index contributed by atoms with van der Waals surface area (Å²) in [7, 11) is -4.83. The van der Waals surface area contributed by atoms with Crippen LogP contribution in [0.3, 0.4) is 0 Å². The van der Waals surface area contributed by atoms with Crippen LogP contribution in [-0.2, 0) is 24.1 Å². The minimum absolute atomic E-state index is 0.00797. The fourth-order valence-electron chi connectivity index (χ4n) is 10.8. The Balaban J connectivity index is 1.23. The number of aliphatic hydroxyl groups excluding tert-OH is 5. The predicted molar refractivity (Wildman–Crippen MR) is 160 cm³/mol. The van der Waals surface area contributed by atoms with Gasteiger partial charge in [-0.25, -0.2) is 4.18 Å². The maximum absolute atomic E-state index is 11.6. The van der Waals surface area contributed by atoms with Crippen LogP contribution in [0.15, 0.2) is 0 Å². The molecule has 0 amide bonds. The molecule has 6 N–H and O–H groups in total. The number of hydrogen-bond acceptors (Lipinski definition) is 10. The normalized spacial score (nSPS) is 49.2. The summed E-state index contributed by atoms with van der Waals surface area (Å²) in [6, 6.07) is 0. The molecule has 4 saturated carbocycles. The predicted octanol–water partition coefficient (Wildman–Crippen LogP) is 2.67. The van der Waals surface area contributed by atoms with Crippen LogP contribution >= 0.6 is 0 Å². The van der Waals surface area contributed by atoms with Crippen molar-refractivity contribution in [2.45, 2.75) is 141 Å². The number of hydrogen-bond donors (Lipinski definition) is 6. The van der Waals surface area contributed by atoms with Gasteiger partial charge < -0.3 is 35.0 Å². The van der Waals surface area contributed by atoms with Crippen LogP contribution in [0, 0.1) is 52.3 Å². The van der Waals surface area contributed by atoms with Crippen LogP contribution in [0.5, 0.6) is 0 Å². The first kappa shape index (κ1) is 34.9. The van der Waals surface area contributed by atoms with Gasteiger partial charge in [0.2, 0.25) is 0 Å². The third kappa shape index (κ3) is 6.51. The first-order valence-corrected chi connectivity index (χ1v) is 18.2. The van der Waals surface area contributed by atoms with Gasteiger partial charge in [0.25, 0.3) is 0 Å². The highest BCUT2D eigenvalue weighted by Gasteiger charge is 2.64. The van der Waals surface area contributed by atoms with Crippen LogP contribution in [0.2, 0.25) is 0 Å². The van der Waals surface area contributed by atoms with Gasteiger partial charge in [-0.05, 0) is 110 Å². The highest BCUT2D eigenvalue weighted by atomic mass is 32.3. The van der Waals surface area contributed by atoms with Crippen LogP contribution < -0.4 is 0 Å². The molecule has 16 unspecified atom stereocenters. The highest BCUT2D eigenvalue weighted by Crippen LogP contribution is 2.68. The topological polar surface area (TPSA) is 183 Å². The summed E-state index contributed by atoms with van der Waals surface area (Å²) in [5.41, 5.74) is -0.0495. The average Bonchev–Trinajstić information content (AvgIpc) is 3.21. The van der Waals surface area contributed by atoms with E-state index in [9.17, 15) is 34.0 Å². The fraction of sp³-hybridized carbons (Fsp3) is 1.00. The second kappa shape index (κ2) is 12.9. The quantitative estimate of drug-likeness (QED) is 0.202. The van der Waals surface area contributed by atoms with Gasteiger partial charge in [-0.15, -0.1) is 0 Å². The molecule has 44 heavy (non-hydrogen) atoms. The molecule has 5 aliphatic rings. The van der Waals surface area contributed by atoms with Gasteiger partial charge in [0.15, 0.2) is 6.29 Å². The summed E-state index contributed by atoms with van der Waals surface area (Å²) < 4.78 is 47.2. The molecular formula is C32H56O11S. The second-order valence-electron chi connectivity index (χ2n) is 15.8. The molecule has 0 aromatic carbocycles. The molecule has 5 rings (SSSR count). The van der Waals surface area contributed by atoms with Crippen LogP contribution in [0.4, 0.5) is 0 Å². The van der Waals surface area contributed by atoms with E-state index in [0.717, 1.165) is 38.5 Å². The Labute approximate surface area is 262 Å². The van der Waals surface area contributed by atoms with Crippen molar-refractivity contribution in [1.82, 2.24) is 0 Å². The van der Waals surface area contributed by atoms with E-state index >= 15 is 0 Å². The molecule has 0 aromatic rings. The Hall–Kier alpha value is -0.410. The standard InChI is InChI=1S/C32H56O11S/c1-16(2)25(42-30-29(37)28(36)26(15-41-30)43-44(38,39)40)7-6-17(3)21-14-24(35)27-19-13-23(34)22-12-18(33)8-10-31(22,4)20(19)9-11-32(21,27)5/h16-30,33-37H,6-15H2,1-5H3,(H,38,39,40). The lowest BCUT2D eigenvalue weighted by atomic mass is 9.43. The lowest BCUT2D eigenvalue weighted by Gasteiger charge is -2.62. The number of ether oxygens (including phenoxy) is 2. The zero-order valence-electron chi connectivity index (χ0n) is 26.9. The van der Waals surface area contributed by atoms with Gasteiger partial charge in [-0.1, -0.05) is 34.6 Å². The molecule has 1 saturated heterocycles. The van der Waals surface area contributed by atoms with E-state index in [1.165, 1.54) is 0 Å². The van der Waals surface area contributed by atoms with Crippen molar-refractivity contribution in [3.63, 3.8) is 0 Å². The smallest absolute Gasteiger partial charge is 0.393 e. The van der Waals surface area contributed by atoms with Gasteiger partial charge in [-0.2, -0.15) is 8.42 Å². The Morgan fingerprint density at radius 2 is 1.55 bits per heavy atom. The molecule has 256 valence electrons. The zero-order chi connectivity index (χ0) is 32.4. The van der Waals surface area contributed by atoms with Gasteiger partial charge in [0.1, 0.15) is 18.3 Å². The lowest BCUT2D eigenvalue weighted by Crippen LogP contribution is -2.59. The molecule has 1 heterocycles. The Kier molecular flexibility index (Phi) is 10.2. The Morgan fingerprint density at radius 3 is 2.20 bits per heavy atom. The van der Waals surface area contributed by atoms with Crippen molar-refractivity contribution in [3.8, 4) is 0 Å². The van der Waals surface area contributed by atoms with E-state index in [2.05, 4.69) is 25.0 Å². The Morgan fingerprint density at radius 1 is 0.864 bits per heavy atom. The third-order valence-electron chi connectivity index (χ3n) is 13.0. The van der Waals surface area contributed by atoms with E-state index in [0.29, 0.717) is 31.1 Å². The summed E-state index contributed by atoms with van der Waals surface area (Å²) in [5.74, 6) is 1.64. The van der Waals surface area contributed by atoms with Crippen LogP contribution in [0.1, 0.15) is 92.4 Å². The number of rotatable bonds is 9. The van der Waals surface area contributed by atoms with E-state index in [1.807, 2.05) is 13.8 Å². The molecule has 16 atom stereocenters. The minimum Gasteiger partial charge on any atom is -0.393 e. The monoisotopic (exact) mass is 648 g/mol. The van der Waals surface area contributed by atoms with Gasteiger partial charge in [0, 0.05) is 0 Å². The van der Waals surface area contributed by atoms with E-state index < -0.39 is 47.2 Å². The lowest BCUT2D eigenvalue weighted by molar-refractivity contribution is -0.283. The molecule has 0 bridgehead atoms. The molecular weight excluding hydrogens is 592 g/mol. The van der Waals surface area contributed by atoms with Crippen molar-refractivity contribution >= 4 is 10.4 Å². The van der Waals surface area contributed by atoms with Crippen molar-refractivity contribution < 1.29 is 52.2 Å². The average molecular weight is 649 g/mol. The summed E-state index contributed by atoms with van der Waals surface area (Å²) in [5, 5.41) is 54.3. The SMILES string of the molecule is CC(C)C(CCC(C)C1CC(O)C2C3CC(O)C4CC(O)CCC4(C)C3CCC12C)OC1OCC(OS(=O)(=O)O)C(O)C1O. The molecule has 4 aliphatic carbocycles. The summed E-state index contributed by atoms with van der Waals surface area (Å²) in [6.07, 6.45) is 0.152. The van der Waals surface area contributed by atoms with E-state index in [1.54, 1.807) is 0 Å². The minimum atomic E-state index is -4.83. The molecule has 5 fully saturated rings. The van der Waals surface area contributed by atoms with Crippen molar-refractivity contribution in [1.29, 1.82) is 0 Å². The molecule has 0 aromatic heterocycles. The van der Waals surface area contributed by atoms with Crippen LogP contribution in [0.25, 0.3) is 0 Å². The van der Waals surface area contributed by atoms with Crippen LogP contribution in [-0.4, -0.2) is 94.1 Å². The fourth-order valence-corrected chi connectivity index (χ4v) is 11.2. The summed E-state index contributed by atoms with van der Waals surface area (Å²) in [6.45, 7) is 10.6. The summed E-state index contributed by atoms with van der Waals surface area (Å²) in [4.78, 5) is 0. The third-order valence-corrected chi connectivity index (χ3v) is 13.5. The largest absolute Gasteiger partial charge is 0.397 e. The first-order chi connectivity index (χ1) is 20.5. The second-order valence-corrected chi connectivity index (χ2v) is 16.9. The molecule has 1 aliphatic heterocycles. The van der Waals surface area contributed by atoms with Gasteiger partial charge >= 0.3 is 10.4 Å².